The van der Waals surface area contributed by atoms with E-state index in [-0.39, 0.29) is 11.6 Å². The Labute approximate surface area is 127 Å². The first-order valence-electron chi connectivity index (χ1n) is 7.38. The zero-order valence-corrected chi connectivity index (χ0v) is 13.7. The molecule has 0 aliphatic carbocycles. The highest BCUT2D eigenvalue weighted by atomic mass is 16.5. The Kier molecular flexibility index (Phi) is 6.37. The lowest BCUT2D eigenvalue weighted by atomic mass is 9.86. The summed E-state index contributed by atoms with van der Waals surface area (Å²) in [5.74, 6) is -0.284. The van der Waals surface area contributed by atoms with E-state index in [1.165, 1.54) is 7.11 Å². The van der Waals surface area contributed by atoms with Gasteiger partial charge in [-0.05, 0) is 32.9 Å². The van der Waals surface area contributed by atoms with Crippen LogP contribution >= 0.6 is 0 Å². The number of ether oxygens (including phenoxy) is 2. The number of hydrogen-bond acceptors (Lipinski definition) is 4. The van der Waals surface area contributed by atoms with Crippen LogP contribution in [0.4, 0.5) is 0 Å². The number of hydrogen-bond donors (Lipinski definition) is 1. The van der Waals surface area contributed by atoms with Gasteiger partial charge in [-0.3, -0.25) is 5.32 Å². The topological polar surface area (TPSA) is 47.6 Å². The molecule has 1 aromatic carbocycles. The van der Waals surface area contributed by atoms with Crippen LogP contribution in [0, 0.1) is 0 Å². The van der Waals surface area contributed by atoms with Gasteiger partial charge in [-0.2, -0.15) is 0 Å². The molecule has 0 aliphatic heterocycles. The number of esters is 1. The Balaban J connectivity index is 3.05. The lowest BCUT2D eigenvalue weighted by Crippen LogP contribution is -2.51. The number of carbonyl (C=O) groups excluding carboxylic acids is 1. The Bertz CT molecular complexity index is 439. The maximum atomic E-state index is 12.4. The molecule has 1 atom stereocenters. The minimum atomic E-state index is -0.865. The Morgan fingerprint density at radius 1 is 1.19 bits per heavy atom. The molecule has 0 heterocycles. The molecule has 1 N–H and O–H groups in total. The van der Waals surface area contributed by atoms with Gasteiger partial charge in [-0.25, -0.2) is 4.79 Å². The first kappa shape index (κ1) is 17.7. The van der Waals surface area contributed by atoms with Crippen molar-refractivity contribution < 1.29 is 14.3 Å². The van der Waals surface area contributed by atoms with Gasteiger partial charge in [0.2, 0.25) is 0 Å². The maximum absolute atomic E-state index is 12.4. The predicted molar refractivity (Wildman–Crippen MR) is 84.1 cm³/mol. The summed E-state index contributed by atoms with van der Waals surface area (Å²) in [6, 6.07) is 9.67. The van der Waals surface area contributed by atoms with Crippen molar-refractivity contribution in [3.8, 4) is 0 Å². The van der Waals surface area contributed by atoms with Gasteiger partial charge in [0.1, 0.15) is 5.54 Å². The van der Waals surface area contributed by atoms with E-state index in [0.717, 1.165) is 5.56 Å². The third-order valence-electron chi connectivity index (χ3n) is 3.29. The molecule has 4 heteroatoms. The molecule has 0 bridgehead atoms. The fourth-order valence-electron chi connectivity index (χ4n) is 2.34. The van der Waals surface area contributed by atoms with E-state index in [2.05, 4.69) is 5.32 Å². The van der Waals surface area contributed by atoms with E-state index in [9.17, 15) is 4.79 Å². The monoisotopic (exact) mass is 293 g/mol. The highest BCUT2D eigenvalue weighted by Crippen LogP contribution is 2.27. The summed E-state index contributed by atoms with van der Waals surface area (Å²) in [5.41, 5.74) is -0.197. The molecule has 118 valence electrons. The van der Waals surface area contributed by atoms with Crippen molar-refractivity contribution >= 4 is 5.97 Å². The Hall–Kier alpha value is -1.39. The molecule has 1 unspecified atom stereocenters. The second kappa shape index (κ2) is 7.57. The fraction of sp³-hybridized carbons (Fsp3) is 0.588. The minimum absolute atomic E-state index is 0.231. The van der Waals surface area contributed by atoms with Gasteiger partial charge in [0.05, 0.1) is 12.7 Å². The van der Waals surface area contributed by atoms with Crippen molar-refractivity contribution in [1.29, 1.82) is 0 Å². The molecule has 0 saturated carbocycles. The zero-order valence-electron chi connectivity index (χ0n) is 13.7. The summed E-state index contributed by atoms with van der Waals surface area (Å²) in [4.78, 5) is 12.4. The van der Waals surface area contributed by atoms with Crippen molar-refractivity contribution in [2.45, 2.75) is 45.3 Å². The molecule has 21 heavy (non-hydrogen) atoms. The van der Waals surface area contributed by atoms with E-state index < -0.39 is 5.54 Å². The highest BCUT2D eigenvalue weighted by molar-refractivity contribution is 5.82. The van der Waals surface area contributed by atoms with Crippen molar-refractivity contribution in [1.82, 2.24) is 5.32 Å². The number of carbonyl (C=O) groups is 1. The Morgan fingerprint density at radius 2 is 1.81 bits per heavy atom. The van der Waals surface area contributed by atoms with Crippen LogP contribution in [-0.4, -0.2) is 31.8 Å². The van der Waals surface area contributed by atoms with Crippen LogP contribution in [0.3, 0.4) is 0 Å². The maximum Gasteiger partial charge on any atom is 0.330 e. The summed E-state index contributed by atoms with van der Waals surface area (Å²) < 4.78 is 10.8. The SMILES string of the molecule is CCNC(CCOC(C)(C)C)(C(=O)OC)c1ccccc1. The molecule has 0 amide bonds. The van der Waals surface area contributed by atoms with Gasteiger partial charge in [0.15, 0.2) is 0 Å². The summed E-state index contributed by atoms with van der Waals surface area (Å²) in [5, 5.41) is 3.29. The smallest absolute Gasteiger partial charge is 0.330 e. The van der Waals surface area contributed by atoms with E-state index in [1.54, 1.807) is 0 Å². The van der Waals surface area contributed by atoms with E-state index in [4.69, 9.17) is 9.47 Å². The van der Waals surface area contributed by atoms with Crippen LogP contribution in [0.2, 0.25) is 0 Å². The van der Waals surface area contributed by atoms with E-state index in [1.807, 2.05) is 58.0 Å². The third kappa shape index (κ3) is 4.83. The second-order valence-corrected chi connectivity index (χ2v) is 6.00. The molecule has 0 radical (unpaired) electrons. The van der Waals surface area contributed by atoms with Gasteiger partial charge in [-0.1, -0.05) is 37.3 Å². The molecule has 0 spiro atoms. The van der Waals surface area contributed by atoms with Crippen LogP contribution in [0.1, 0.15) is 39.7 Å². The van der Waals surface area contributed by atoms with Crippen LogP contribution in [-0.2, 0) is 19.8 Å². The van der Waals surface area contributed by atoms with Crippen molar-refractivity contribution in [2.24, 2.45) is 0 Å². The summed E-state index contributed by atoms with van der Waals surface area (Å²) in [7, 11) is 1.42. The van der Waals surface area contributed by atoms with Gasteiger partial charge in [0.25, 0.3) is 0 Å². The first-order valence-corrected chi connectivity index (χ1v) is 7.38. The third-order valence-corrected chi connectivity index (χ3v) is 3.29. The average molecular weight is 293 g/mol. The molecule has 0 aliphatic rings. The zero-order chi connectivity index (χ0) is 15.9. The lowest BCUT2D eigenvalue weighted by molar-refractivity contribution is -0.151. The predicted octanol–water partition coefficient (Wildman–Crippen LogP) is 2.87. The molecule has 4 nitrogen and oxygen atoms in total. The van der Waals surface area contributed by atoms with E-state index >= 15 is 0 Å². The second-order valence-electron chi connectivity index (χ2n) is 6.00. The number of nitrogens with one attached hydrogen (secondary N) is 1. The lowest BCUT2D eigenvalue weighted by Gasteiger charge is -2.33. The van der Waals surface area contributed by atoms with Crippen molar-refractivity contribution in [2.75, 3.05) is 20.3 Å². The number of likely N-dealkylation sites (N-methyl/N-ethyl adjacent to an activating group) is 1. The normalized spacial score (nSPS) is 14.5. The van der Waals surface area contributed by atoms with Crippen LogP contribution < -0.4 is 5.32 Å². The van der Waals surface area contributed by atoms with Crippen molar-refractivity contribution in [3.05, 3.63) is 35.9 Å². The number of benzene rings is 1. The summed E-state index contributed by atoms with van der Waals surface area (Å²) in [6.45, 7) is 9.12. The highest BCUT2D eigenvalue weighted by Gasteiger charge is 2.40. The molecular formula is C17H27NO3. The molecule has 1 aromatic rings. The van der Waals surface area contributed by atoms with Gasteiger partial charge >= 0.3 is 5.97 Å². The Morgan fingerprint density at radius 3 is 2.29 bits per heavy atom. The molecule has 0 fully saturated rings. The van der Waals surface area contributed by atoms with Gasteiger partial charge < -0.3 is 9.47 Å². The number of methoxy groups -OCH3 is 1. The molecular weight excluding hydrogens is 266 g/mol. The number of rotatable bonds is 7. The fourth-order valence-corrected chi connectivity index (χ4v) is 2.34. The quantitative estimate of drug-likeness (QED) is 0.785. The van der Waals surface area contributed by atoms with Crippen LogP contribution in [0.25, 0.3) is 0 Å². The minimum Gasteiger partial charge on any atom is -0.467 e. The average Bonchev–Trinajstić information content (AvgIpc) is 2.45. The molecule has 0 aromatic heterocycles. The summed E-state index contributed by atoms with van der Waals surface area (Å²) >= 11 is 0. The largest absolute Gasteiger partial charge is 0.467 e. The first-order chi connectivity index (χ1) is 9.85. The van der Waals surface area contributed by atoms with Crippen molar-refractivity contribution in [3.63, 3.8) is 0 Å². The van der Waals surface area contributed by atoms with Gasteiger partial charge in [0, 0.05) is 13.0 Å². The molecule has 1 rings (SSSR count). The molecule has 0 saturated heterocycles. The summed E-state index contributed by atoms with van der Waals surface area (Å²) in [6.07, 6.45) is 0.523. The van der Waals surface area contributed by atoms with Gasteiger partial charge in [-0.15, -0.1) is 0 Å². The van der Waals surface area contributed by atoms with Crippen LogP contribution in [0.15, 0.2) is 30.3 Å². The van der Waals surface area contributed by atoms with E-state index in [0.29, 0.717) is 19.6 Å². The van der Waals surface area contributed by atoms with Crippen LogP contribution in [0.5, 0.6) is 0 Å². The standard InChI is InChI=1S/C17H27NO3/c1-6-18-17(15(19)20-5,12-13-21-16(2,3)4)14-10-8-7-9-11-14/h7-11,18H,6,12-13H2,1-5H3.